The molecule has 1 amide bonds. The lowest BCUT2D eigenvalue weighted by atomic mass is 10.1. The van der Waals surface area contributed by atoms with Crippen LogP contribution >= 0.6 is 0 Å². The van der Waals surface area contributed by atoms with Crippen LogP contribution in [0.15, 0.2) is 82.5 Å². The van der Waals surface area contributed by atoms with E-state index >= 15 is 0 Å². The van der Waals surface area contributed by atoms with Crippen molar-refractivity contribution in [2.24, 2.45) is 0 Å². The number of carbonyl (C=O) groups excluding carboxylic acids is 1. The standard InChI is InChI=1S/C25H25N3O4S/c1-25(2,3)27-33(31,32)22-15-9-6-12-19(22)26-23(29)16-28-20-13-7-4-10-17(20)24(30)18-11-5-8-14-21(18)28/h4-15,27H,16H2,1-3H3,(H,26,29). The lowest BCUT2D eigenvalue weighted by Gasteiger charge is -2.22. The van der Waals surface area contributed by atoms with Gasteiger partial charge in [-0.05, 0) is 57.2 Å². The number of hydrogen-bond acceptors (Lipinski definition) is 4. The number of anilines is 1. The third-order valence-electron chi connectivity index (χ3n) is 5.07. The second kappa shape index (κ2) is 8.46. The van der Waals surface area contributed by atoms with Crippen molar-refractivity contribution in [3.05, 3.63) is 83.0 Å². The SMILES string of the molecule is CC(C)(C)NS(=O)(=O)c1ccccc1NC(=O)Cn1c2ccccc2c(=O)c2ccccc21. The van der Waals surface area contributed by atoms with E-state index in [2.05, 4.69) is 10.0 Å². The smallest absolute Gasteiger partial charge is 0.244 e. The van der Waals surface area contributed by atoms with Crippen LogP contribution in [0.4, 0.5) is 5.69 Å². The summed E-state index contributed by atoms with van der Waals surface area (Å²) in [7, 11) is -3.85. The molecule has 3 aromatic carbocycles. The van der Waals surface area contributed by atoms with Gasteiger partial charge in [-0.2, -0.15) is 0 Å². The number of rotatable bonds is 5. The van der Waals surface area contributed by atoms with Crippen molar-refractivity contribution in [1.29, 1.82) is 0 Å². The molecule has 0 aliphatic rings. The average Bonchev–Trinajstić information content (AvgIpc) is 2.75. The molecule has 7 nitrogen and oxygen atoms in total. The fraction of sp³-hybridized carbons (Fsp3) is 0.200. The average molecular weight is 464 g/mol. The third-order valence-corrected chi connectivity index (χ3v) is 6.89. The van der Waals surface area contributed by atoms with Gasteiger partial charge >= 0.3 is 0 Å². The number of nitrogens with zero attached hydrogens (tertiary/aromatic N) is 1. The van der Waals surface area contributed by atoms with Crippen molar-refractivity contribution < 1.29 is 13.2 Å². The zero-order valence-electron chi connectivity index (χ0n) is 18.6. The minimum absolute atomic E-state index is 0.0112. The van der Waals surface area contributed by atoms with Crippen LogP contribution in [0.1, 0.15) is 20.8 Å². The van der Waals surface area contributed by atoms with Crippen LogP contribution in [0, 0.1) is 0 Å². The first-order valence-electron chi connectivity index (χ1n) is 10.5. The van der Waals surface area contributed by atoms with Gasteiger partial charge in [-0.3, -0.25) is 9.59 Å². The molecule has 8 heteroatoms. The molecule has 0 saturated heterocycles. The van der Waals surface area contributed by atoms with Gasteiger partial charge in [0.15, 0.2) is 5.43 Å². The summed E-state index contributed by atoms with van der Waals surface area (Å²) >= 11 is 0. The molecule has 33 heavy (non-hydrogen) atoms. The van der Waals surface area contributed by atoms with E-state index in [9.17, 15) is 18.0 Å². The first kappa shape index (κ1) is 22.7. The molecule has 0 spiro atoms. The maximum absolute atomic E-state index is 13.1. The molecule has 0 atom stereocenters. The number of nitrogens with one attached hydrogen (secondary N) is 2. The second-order valence-corrected chi connectivity index (χ2v) is 10.5. The number of carbonyl (C=O) groups is 1. The Morgan fingerprint density at radius 3 is 1.94 bits per heavy atom. The molecule has 0 radical (unpaired) electrons. The van der Waals surface area contributed by atoms with Crippen LogP contribution < -0.4 is 15.5 Å². The molecule has 0 bridgehead atoms. The van der Waals surface area contributed by atoms with Crippen LogP contribution in [-0.4, -0.2) is 24.4 Å². The Hall–Kier alpha value is -3.49. The quantitative estimate of drug-likeness (QED) is 0.439. The molecular weight excluding hydrogens is 438 g/mol. The van der Waals surface area contributed by atoms with Crippen molar-refractivity contribution in [3.8, 4) is 0 Å². The number of hydrogen-bond donors (Lipinski definition) is 2. The van der Waals surface area contributed by atoms with Crippen molar-refractivity contribution >= 4 is 43.4 Å². The fourth-order valence-corrected chi connectivity index (χ4v) is 5.43. The van der Waals surface area contributed by atoms with Crippen LogP contribution in [0.2, 0.25) is 0 Å². The van der Waals surface area contributed by atoms with E-state index in [-0.39, 0.29) is 22.6 Å². The largest absolute Gasteiger partial charge is 0.331 e. The normalized spacial score (nSPS) is 12.2. The Morgan fingerprint density at radius 1 is 0.848 bits per heavy atom. The zero-order chi connectivity index (χ0) is 23.8. The topological polar surface area (TPSA) is 97.3 Å². The second-order valence-electron chi connectivity index (χ2n) is 8.85. The summed E-state index contributed by atoms with van der Waals surface area (Å²) in [6.07, 6.45) is 0. The van der Waals surface area contributed by atoms with Crippen LogP contribution in [-0.2, 0) is 21.4 Å². The summed E-state index contributed by atoms with van der Waals surface area (Å²) in [4.78, 5) is 26.0. The molecule has 0 aliphatic carbocycles. The monoisotopic (exact) mass is 463 g/mol. The van der Waals surface area contributed by atoms with Gasteiger partial charge in [0, 0.05) is 16.3 Å². The van der Waals surface area contributed by atoms with Gasteiger partial charge in [-0.1, -0.05) is 36.4 Å². The highest BCUT2D eigenvalue weighted by atomic mass is 32.2. The van der Waals surface area contributed by atoms with Crippen LogP contribution in [0.5, 0.6) is 0 Å². The first-order chi connectivity index (χ1) is 15.6. The highest BCUT2D eigenvalue weighted by molar-refractivity contribution is 7.89. The summed E-state index contributed by atoms with van der Waals surface area (Å²) in [6.45, 7) is 5.15. The maximum atomic E-state index is 13.1. The fourth-order valence-electron chi connectivity index (χ4n) is 3.84. The summed E-state index contributed by atoms with van der Waals surface area (Å²) in [6, 6.07) is 20.5. The highest BCUT2D eigenvalue weighted by Gasteiger charge is 2.25. The molecular formula is C25H25N3O4S. The molecule has 0 fully saturated rings. The predicted molar refractivity (Wildman–Crippen MR) is 131 cm³/mol. The summed E-state index contributed by atoms with van der Waals surface area (Å²) < 4.78 is 30.2. The van der Waals surface area contributed by atoms with E-state index in [1.54, 1.807) is 79.9 Å². The predicted octanol–water partition coefficient (Wildman–Crippen LogP) is 3.87. The summed E-state index contributed by atoms with van der Waals surface area (Å²) in [5.41, 5.74) is 0.679. The molecule has 170 valence electrons. The minimum Gasteiger partial charge on any atom is -0.331 e. The molecule has 2 N–H and O–H groups in total. The van der Waals surface area contributed by atoms with Crippen molar-refractivity contribution in [1.82, 2.24) is 9.29 Å². The first-order valence-corrected chi connectivity index (χ1v) is 12.0. The lowest BCUT2D eigenvalue weighted by molar-refractivity contribution is -0.116. The highest BCUT2D eigenvalue weighted by Crippen LogP contribution is 2.23. The van der Waals surface area contributed by atoms with Crippen molar-refractivity contribution in [2.75, 3.05) is 5.32 Å². The van der Waals surface area contributed by atoms with E-state index in [0.717, 1.165) is 0 Å². The van der Waals surface area contributed by atoms with Crippen LogP contribution in [0.3, 0.4) is 0 Å². The number of pyridine rings is 1. The molecule has 0 unspecified atom stereocenters. The molecule has 1 heterocycles. The summed E-state index contributed by atoms with van der Waals surface area (Å²) in [5.74, 6) is -0.410. The van der Waals surface area contributed by atoms with Gasteiger partial charge in [-0.25, -0.2) is 13.1 Å². The van der Waals surface area contributed by atoms with Gasteiger partial charge < -0.3 is 9.88 Å². The zero-order valence-corrected chi connectivity index (χ0v) is 19.4. The number of benzene rings is 3. The third kappa shape index (κ3) is 4.67. The molecule has 0 aliphatic heterocycles. The Labute approximate surface area is 192 Å². The molecule has 0 saturated carbocycles. The van der Waals surface area contributed by atoms with Crippen molar-refractivity contribution in [3.63, 3.8) is 0 Å². The van der Waals surface area contributed by atoms with Crippen molar-refractivity contribution in [2.45, 2.75) is 37.8 Å². The number of sulfonamides is 1. The van der Waals surface area contributed by atoms with E-state index in [1.165, 1.54) is 6.07 Å². The number of fused-ring (bicyclic) bond motifs is 2. The Kier molecular flexibility index (Phi) is 5.82. The van der Waals surface area contributed by atoms with Crippen LogP contribution in [0.25, 0.3) is 21.8 Å². The molecule has 1 aromatic heterocycles. The van der Waals surface area contributed by atoms with E-state index < -0.39 is 21.5 Å². The Bertz CT molecular complexity index is 1470. The van der Waals surface area contributed by atoms with E-state index in [1.807, 2.05) is 12.1 Å². The lowest BCUT2D eigenvalue weighted by Crippen LogP contribution is -2.40. The van der Waals surface area contributed by atoms with Gasteiger partial charge in [0.1, 0.15) is 11.4 Å². The Morgan fingerprint density at radius 2 is 1.36 bits per heavy atom. The van der Waals surface area contributed by atoms with E-state index in [0.29, 0.717) is 21.8 Å². The summed E-state index contributed by atoms with van der Waals surface area (Å²) in [5, 5.41) is 3.77. The van der Waals surface area contributed by atoms with Gasteiger partial charge in [0.05, 0.1) is 16.7 Å². The van der Waals surface area contributed by atoms with Gasteiger partial charge in [0.25, 0.3) is 0 Å². The van der Waals surface area contributed by atoms with E-state index in [4.69, 9.17) is 0 Å². The number of aromatic nitrogens is 1. The molecule has 4 rings (SSSR count). The number of para-hydroxylation sites is 3. The van der Waals surface area contributed by atoms with Gasteiger partial charge in [0.2, 0.25) is 15.9 Å². The maximum Gasteiger partial charge on any atom is 0.244 e. The van der Waals surface area contributed by atoms with Gasteiger partial charge in [-0.15, -0.1) is 0 Å². The minimum atomic E-state index is -3.85. The Balaban J connectivity index is 1.73. The molecule has 4 aromatic rings. The number of amides is 1.